The number of benzene rings is 2. The fourth-order valence-electron chi connectivity index (χ4n) is 1.87. The molecule has 0 aliphatic heterocycles. The van der Waals surface area contributed by atoms with E-state index in [0.717, 1.165) is 11.0 Å². The first-order valence-corrected chi connectivity index (χ1v) is 6.64. The van der Waals surface area contributed by atoms with E-state index < -0.39 is 11.7 Å². The lowest BCUT2D eigenvalue weighted by Gasteiger charge is -2.04. The Morgan fingerprint density at radius 3 is 2.80 bits per heavy atom. The molecule has 0 unspecified atom stereocenters. The molecule has 4 nitrogen and oxygen atoms in total. The van der Waals surface area contributed by atoms with Crippen molar-refractivity contribution in [1.82, 2.24) is 9.97 Å². The third kappa shape index (κ3) is 2.30. The second-order valence-electron chi connectivity index (χ2n) is 4.16. The van der Waals surface area contributed by atoms with Gasteiger partial charge in [-0.1, -0.05) is 18.2 Å². The highest BCUT2D eigenvalue weighted by molar-refractivity contribution is 9.10. The summed E-state index contributed by atoms with van der Waals surface area (Å²) in [7, 11) is 0. The molecule has 0 fully saturated rings. The van der Waals surface area contributed by atoms with Gasteiger partial charge in [-0.2, -0.15) is 0 Å². The smallest absolute Gasteiger partial charge is 0.260 e. The van der Waals surface area contributed by atoms with Crippen LogP contribution < -0.4 is 5.32 Å². The number of nitrogens with zero attached hydrogens (tertiary/aromatic N) is 1. The van der Waals surface area contributed by atoms with Gasteiger partial charge in [0.1, 0.15) is 5.82 Å². The Hall–Kier alpha value is -2.21. The summed E-state index contributed by atoms with van der Waals surface area (Å²) in [5, 5.41) is 2.55. The number of para-hydroxylation sites is 2. The number of halogens is 2. The molecule has 1 aromatic heterocycles. The van der Waals surface area contributed by atoms with Crippen LogP contribution in [-0.4, -0.2) is 15.9 Å². The van der Waals surface area contributed by atoms with Crippen molar-refractivity contribution in [3.63, 3.8) is 0 Å². The number of carbonyl (C=O) groups is 1. The zero-order valence-corrected chi connectivity index (χ0v) is 11.7. The molecule has 0 radical (unpaired) electrons. The Morgan fingerprint density at radius 1 is 1.20 bits per heavy atom. The summed E-state index contributed by atoms with van der Waals surface area (Å²) in [6.07, 6.45) is 0. The van der Waals surface area contributed by atoms with Crippen molar-refractivity contribution in [3.8, 4) is 0 Å². The van der Waals surface area contributed by atoms with Crippen LogP contribution in [0.5, 0.6) is 0 Å². The fraction of sp³-hybridized carbons (Fsp3) is 0. The monoisotopic (exact) mass is 333 g/mol. The van der Waals surface area contributed by atoms with E-state index in [9.17, 15) is 9.18 Å². The number of imidazole rings is 1. The standard InChI is InChI=1S/C14H9BrFN3O/c15-9-5-3-4-8(12(9)16)13(20)19-14-17-10-6-1-2-7-11(10)18-14/h1-7H,(H2,17,18,19,20). The van der Waals surface area contributed by atoms with Crippen LogP contribution in [0.15, 0.2) is 46.9 Å². The molecule has 6 heteroatoms. The molecule has 0 bridgehead atoms. The molecule has 1 amide bonds. The Labute approximate surface area is 122 Å². The second kappa shape index (κ2) is 5.05. The molecule has 0 aliphatic rings. The summed E-state index contributed by atoms with van der Waals surface area (Å²) >= 11 is 3.05. The van der Waals surface area contributed by atoms with Crippen LogP contribution in [-0.2, 0) is 0 Å². The number of hydrogen-bond acceptors (Lipinski definition) is 2. The van der Waals surface area contributed by atoms with E-state index >= 15 is 0 Å². The van der Waals surface area contributed by atoms with Crippen molar-refractivity contribution in [3.05, 3.63) is 58.3 Å². The van der Waals surface area contributed by atoms with Gasteiger partial charge in [-0.3, -0.25) is 10.1 Å². The van der Waals surface area contributed by atoms with Crippen LogP contribution in [0.2, 0.25) is 0 Å². The first-order valence-electron chi connectivity index (χ1n) is 5.85. The topological polar surface area (TPSA) is 57.8 Å². The molecule has 100 valence electrons. The van der Waals surface area contributed by atoms with Gasteiger partial charge in [-0.15, -0.1) is 0 Å². The van der Waals surface area contributed by atoms with Gasteiger partial charge < -0.3 is 4.98 Å². The summed E-state index contributed by atoms with van der Waals surface area (Å²) in [6.45, 7) is 0. The quantitative estimate of drug-likeness (QED) is 0.750. The fourth-order valence-corrected chi connectivity index (χ4v) is 2.23. The minimum absolute atomic E-state index is 0.0418. The highest BCUT2D eigenvalue weighted by Crippen LogP contribution is 2.20. The first-order chi connectivity index (χ1) is 9.65. The van der Waals surface area contributed by atoms with Gasteiger partial charge >= 0.3 is 0 Å². The molecule has 20 heavy (non-hydrogen) atoms. The largest absolute Gasteiger partial charge is 0.324 e. The van der Waals surface area contributed by atoms with Crippen LogP contribution in [0.1, 0.15) is 10.4 Å². The average molecular weight is 334 g/mol. The first kappa shape index (κ1) is 12.8. The Morgan fingerprint density at radius 2 is 2.00 bits per heavy atom. The lowest BCUT2D eigenvalue weighted by atomic mass is 10.2. The summed E-state index contributed by atoms with van der Waals surface area (Å²) in [4.78, 5) is 19.2. The summed E-state index contributed by atoms with van der Waals surface area (Å²) in [5.41, 5.74) is 1.50. The van der Waals surface area contributed by atoms with E-state index in [0.29, 0.717) is 0 Å². The molecule has 1 heterocycles. The van der Waals surface area contributed by atoms with Crippen LogP contribution >= 0.6 is 15.9 Å². The van der Waals surface area contributed by atoms with Crippen molar-refractivity contribution in [1.29, 1.82) is 0 Å². The number of rotatable bonds is 2. The summed E-state index contributed by atoms with van der Waals surface area (Å²) < 4.78 is 14.1. The maximum absolute atomic E-state index is 13.8. The Balaban J connectivity index is 1.90. The van der Waals surface area contributed by atoms with E-state index in [1.807, 2.05) is 24.3 Å². The van der Waals surface area contributed by atoms with Crippen LogP contribution in [0.3, 0.4) is 0 Å². The molecule has 0 saturated carbocycles. The van der Waals surface area contributed by atoms with E-state index in [1.54, 1.807) is 6.07 Å². The molecule has 2 N–H and O–H groups in total. The number of aromatic amines is 1. The third-order valence-corrected chi connectivity index (χ3v) is 3.43. The molecule has 0 aliphatic carbocycles. The summed E-state index contributed by atoms with van der Waals surface area (Å²) in [6, 6.07) is 11.9. The van der Waals surface area contributed by atoms with Gasteiger partial charge in [0, 0.05) is 0 Å². The molecule has 0 saturated heterocycles. The minimum Gasteiger partial charge on any atom is -0.324 e. The molecule has 0 spiro atoms. The Kier molecular flexibility index (Phi) is 3.23. The highest BCUT2D eigenvalue weighted by atomic mass is 79.9. The van der Waals surface area contributed by atoms with Gasteiger partial charge in [0.25, 0.3) is 5.91 Å². The number of fused-ring (bicyclic) bond motifs is 1. The van der Waals surface area contributed by atoms with E-state index in [4.69, 9.17) is 0 Å². The van der Waals surface area contributed by atoms with Crippen molar-refractivity contribution in [2.24, 2.45) is 0 Å². The third-order valence-electron chi connectivity index (χ3n) is 2.82. The van der Waals surface area contributed by atoms with Crippen molar-refractivity contribution in [2.75, 3.05) is 5.32 Å². The van der Waals surface area contributed by atoms with Gasteiger partial charge in [0.15, 0.2) is 0 Å². The van der Waals surface area contributed by atoms with Crippen molar-refractivity contribution in [2.45, 2.75) is 0 Å². The van der Waals surface area contributed by atoms with Gasteiger partial charge in [-0.05, 0) is 40.2 Å². The molecule has 3 rings (SSSR count). The normalized spacial score (nSPS) is 10.7. The molecule has 0 atom stereocenters. The van der Waals surface area contributed by atoms with Crippen molar-refractivity contribution >= 4 is 38.8 Å². The highest BCUT2D eigenvalue weighted by Gasteiger charge is 2.15. The lowest BCUT2D eigenvalue weighted by molar-refractivity contribution is 0.102. The molecule has 2 aromatic carbocycles. The zero-order chi connectivity index (χ0) is 14.1. The molecular weight excluding hydrogens is 325 g/mol. The number of nitrogens with one attached hydrogen (secondary N) is 2. The average Bonchev–Trinajstić information content (AvgIpc) is 2.83. The SMILES string of the molecule is O=C(Nc1nc2ccccc2[nH]1)c1cccc(Br)c1F. The van der Waals surface area contributed by atoms with Crippen LogP contribution in [0, 0.1) is 5.82 Å². The van der Waals surface area contributed by atoms with E-state index in [1.165, 1.54) is 12.1 Å². The van der Waals surface area contributed by atoms with E-state index in [-0.39, 0.29) is 16.0 Å². The van der Waals surface area contributed by atoms with Crippen LogP contribution in [0.4, 0.5) is 10.3 Å². The number of anilines is 1. The molecular formula is C14H9BrFN3O. The van der Waals surface area contributed by atoms with E-state index in [2.05, 4.69) is 31.2 Å². The predicted molar refractivity (Wildman–Crippen MR) is 78.1 cm³/mol. The minimum atomic E-state index is -0.596. The Bertz CT molecular complexity index is 767. The predicted octanol–water partition coefficient (Wildman–Crippen LogP) is 3.72. The molecule has 3 aromatic rings. The number of amides is 1. The number of aromatic nitrogens is 2. The maximum Gasteiger partial charge on any atom is 0.260 e. The van der Waals surface area contributed by atoms with Crippen LogP contribution in [0.25, 0.3) is 11.0 Å². The van der Waals surface area contributed by atoms with Gasteiger partial charge in [0.05, 0.1) is 21.1 Å². The number of hydrogen-bond donors (Lipinski definition) is 2. The maximum atomic E-state index is 13.8. The zero-order valence-electron chi connectivity index (χ0n) is 10.2. The lowest BCUT2D eigenvalue weighted by Crippen LogP contribution is -2.14. The van der Waals surface area contributed by atoms with Gasteiger partial charge in [-0.25, -0.2) is 9.37 Å². The van der Waals surface area contributed by atoms with Crippen molar-refractivity contribution < 1.29 is 9.18 Å². The second-order valence-corrected chi connectivity index (χ2v) is 5.01. The number of carbonyl (C=O) groups excluding carboxylic acids is 1. The number of H-pyrrole nitrogens is 1. The van der Waals surface area contributed by atoms with Gasteiger partial charge in [0.2, 0.25) is 5.95 Å². The summed E-state index contributed by atoms with van der Waals surface area (Å²) in [5.74, 6) is -0.862.